The van der Waals surface area contributed by atoms with E-state index in [2.05, 4.69) is 20.0 Å². The van der Waals surface area contributed by atoms with Crippen LogP contribution in [0.3, 0.4) is 0 Å². The van der Waals surface area contributed by atoms with Crippen LogP contribution in [0.1, 0.15) is 48.1 Å². The van der Waals surface area contributed by atoms with E-state index in [0.717, 1.165) is 10.8 Å². The SMILES string of the molecule is CCc1nc(C(=O)NCC2(O)CCC(S(C)(=O)=O)CC2O)c(Cl)n1-c1ncc(CC(C(F)(F)F)C(F)(F)F)cc1OC(F)F. The van der Waals surface area contributed by atoms with Crippen molar-refractivity contribution >= 4 is 27.3 Å². The molecule has 10 nitrogen and oxygen atoms in total. The van der Waals surface area contributed by atoms with Crippen molar-refractivity contribution in [3.63, 3.8) is 0 Å². The molecular weight excluding hydrogens is 660 g/mol. The van der Waals surface area contributed by atoms with E-state index in [-0.39, 0.29) is 31.5 Å². The van der Waals surface area contributed by atoms with Gasteiger partial charge in [0.2, 0.25) is 0 Å². The number of rotatable bonds is 10. The second kappa shape index (κ2) is 12.9. The Bertz CT molecular complexity index is 1460. The first-order valence-corrected chi connectivity index (χ1v) is 15.1. The number of sulfone groups is 1. The van der Waals surface area contributed by atoms with E-state index in [1.54, 1.807) is 0 Å². The van der Waals surface area contributed by atoms with Crippen LogP contribution in [0.25, 0.3) is 5.82 Å². The number of carbonyl (C=O) groups is 1. The highest BCUT2D eigenvalue weighted by Crippen LogP contribution is 2.42. The molecule has 44 heavy (non-hydrogen) atoms. The number of aromatic nitrogens is 3. The van der Waals surface area contributed by atoms with Crippen molar-refractivity contribution in [2.45, 2.75) is 74.9 Å². The van der Waals surface area contributed by atoms with E-state index in [0.29, 0.717) is 12.3 Å². The molecule has 1 amide bonds. The van der Waals surface area contributed by atoms with Gasteiger partial charge in [-0.15, -0.1) is 0 Å². The second-order valence-corrected chi connectivity index (χ2v) is 13.0. The zero-order chi connectivity index (χ0) is 33.4. The first-order valence-electron chi connectivity index (χ1n) is 12.8. The molecular formula is C24H27ClF8N4O6S. The molecule has 20 heteroatoms. The van der Waals surface area contributed by atoms with Crippen molar-refractivity contribution in [1.29, 1.82) is 0 Å². The minimum atomic E-state index is -5.71. The van der Waals surface area contributed by atoms with E-state index >= 15 is 0 Å². The van der Waals surface area contributed by atoms with Gasteiger partial charge in [0.25, 0.3) is 5.91 Å². The van der Waals surface area contributed by atoms with Gasteiger partial charge < -0.3 is 20.3 Å². The standard InChI is InChI=1S/C24H27ClF8N4O6S/c1-3-16-36-17(20(39)35-10-22(40)5-4-12(8-15(22)38)44(2,41)42)18(25)37(16)19-13(43-21(26)27)6-11(9-34-19)7-14(23(28,29)30)24(31,32)33/h6,9,12,14-15,21,38,40H,3-5,7-8,10H2,1-2H3,(H,35,39). The summed E-state index contributed by atoms with van der Waals surface area (Å²) >= 11 is 6.32. The fourth-order valence-corrected chi connectivity index (χ4v) is 6.09. The average molecular weight is 687 g/mol. The number of amides is 1. The lowest BCUT2D eigenvalue weighted by atomic mass is 9.82. The molecule has 3 N–H and O–H groups in total. The summed E-state index contributed by atoms with van der Waals surface area (Å²) < 4.78 is 134. The van der Waals surface area contributed by atoms with Crippen LogP contribution in [0.15, 0.2) is 12.3 Å². The van der Waals surface area contributed by atoms with Crippen LogP contribution in [0.5, 0.6) is 5.75 Å². The van der Waals surface area contributed by atoms with Gasteiger partial charge in [-0.3, -0.25) is 9.36 Å². The molecule has 0 saturated heterocycles. The zero-order valence-electron chi connectivity index (χ0n) is 22.9. The summed E-state index contributed by atoms with van der Waals surface area (Å²) in [6.07, 6.45) is -13.6. The Labute approximate surface area is 250 Å². The molecule has 3 rings (SSSR count). The zero-order valence-corrected chi connectivity index (χ0v) is 24.5. The third kappa shape index (κ3) is 8.08. The fourth-order valence-electron chi connectivity index (χ4n) is 4.71. The first kappa shape index (κ1) is 35.7. The van der Waals surface area contributed by atoms with E-state index in [4.69, 9.17) is 11.6 Å². The number of imidazole rings is 1. The number of pyridine rings is 1. The van der Waals surface area contributed by atoms with Gasteiger partial charge in [-0.05, 0) is 37.3 Å². The van der Waals surface area contributed by atoms with Crippen molar-refractivity contribution in [1.82, 2.24) is 19.9 Å². The third-order valence-corrected chi connectivity index (χ3v) is 9.12. The molecule has 3 unspecified atom stereocenters. The number of hydrogen-bond acceptors (Lipinski definition) is 8. The van der Waals surface area contributed by atoms with Gasteiger partial charge in [0.1, 0.15) is 26.4 Å². The number of aryl methyl sites for hydroxylation is 1. The van der Waals surface area contributed by atoms with Crippen molar-refractivity contribution < 1.29 is 63.3 Å². The minimum absolute atomic E-state index is 0.00110. The van der Waals surface area contributed by atoms with E-state index in [9.17, 15) is 58.5 Å². The van der Waals surface area contributed by atoms with Gasteiger partial charge in [0.05, 0.1) is 11.4 Å². The fraction of sp³-hybridized carbons (Fsp3) is 0.625. The molecule has 1 fully saturated rings. The van der Waals surface area contributed by atoms with Gasteiger partial charge in [0, 0.05) is 25.4 Å². The van der Waals surface area contributed by atoms with Crippen molar-refractivity contribution in [3.05, 3.63) is 34.5 Å². The number of ether oxygens (including phenoxy) is 1. The van der Waals surface area contributed by atoms with E-state index in [1.807, 2.05) is 0 Å². The lowest BCUT2D eigenvalue weighted by Gasteiger charge is -2.39. The van der Waals surface area contributed by atoms with Crippen LogP contribution in [-0.4, -0.2) is 87.8 Å². The lowest BCUT2D eigenvalue weighted by molar-refractivity contribution is -0.283. The largest absolute Gasteiger partial charge is 0.431 e. The van der Waals surface area contributed by atoms with Crippen LogP contribution in [0, 0.1) is 5.92 Å². The number of halogens is 9. The maximum atomic E-state index is 13.2. The lowest BCUT2D eigenvalue weighted by Crippen LogP contribution is -2.56. The summed E-state index contributed by atoms with van der Waals surface area (Å²) in [6.45, 7) is -2.66. The Morgan fingerprint density at radius 2 is 1.86 bits per heavy atom. The quantitative estimate of drug-likeness (QED) is 0.321. The number of aliphatic hydroxyl groups is 2. The maximum absolute atomic E-state index is 13.2. The van der Waals surface area contributed by atoms with Crippen LogP contribution < -0.4 is 10.1 Å². The predicted molar refractivity (Wildman–Crippen MR) is 137 cm³/mol. The van der Waals surface area contributed by atoms with Gasteiger partial charge >= 0.3 is 19.0 Å². The number of nitrogens with zero attached hydrogens (tertiary/aromatic N) is 3. The van der Waals surface area contributed by atoms with Gasteiger partial charge in [-0.1, -0.05) is 18.5 Å². The summed E-state index contributed by atoms with van der Waals surface area (Å²) in [5, 5.41) is 22.1. The Morgan fingerprint density at radius 1 is 1.25 bits per heavy atom. The molecule has 3 atom stereocenters. The Hall–Kier alpha value is -2.77. The van der Waals surface area contributed by atoms with Crippen molar-refractivity contribution in [2.75, 3.05) is 12.8 Å². The molecule has 2 aromatic rings. The average Bonchev–Trinajstić information content (AvgIpc) is 3.21. The van der Waals surface area contributed by atoms with Crippen LogP contribution in [-0.2, 0) is 22.7 Å². The summed E-state index contributed by atoms with van der Waals surface area (Å²) in [7, 11) is -3.51. The maximum Gasteiger partial charge on any atom is 0.400 e. The Morgan fingerprint density at radius 3 is 2.36 bits per heavy atom. The van der Waals surface area contributed by atoms with Gasteiger partial charge in [-0.25, -0.2) is 18.4 Å². The van der Waals surface area contributed by atoms with Crippen LogP contribution in [0.2, 0.25) is 5.15 Å². The monoisotopic (exact) mass is 686 g/mol. The highest BCUT2D eigenvalue weighted by Gasteiger charge is 2.56. The van der Waals surface area contributed by atoms with Gasteiger partial charge in [-0.2, -0.15) is 35.1 Å². The number of aliphatic hydroxyl groups excluding tert-OH is 1. The molecule has 2 heterocycles. The molecule has 0 spiro atoms. The second-order valence-electron chi connectivity index (χ2n) is 10.3. The van der Waals surface area contributed by atoms with E-state index in [1.165, 1.54) is 6.92 Å². The molecule has 1 saturated carbocycles. The van der Waals surface area contributed by atoms with Crippen LogP contribution >= 0.6 is 11.6 Å². The molecule has 0 bridgehead atoms. The summed E-state index contributed by atoms with van der Waals surface area (Å²) in [4.78, 5) is 20.7. The summed E-state index contributed by atoms with van der Waals surface area (Å²) in [5.74, 6) is -6.53. The third-order valence-electron chi connectivity index (χ3n) is 7.14. The normalized spacial score (nSPS) is 21.6. The molecule has 248 valence electrons. The number of hydrogen-bond donors (Lipinski definition) is 3. The minimum Gasteiger partial charge on any atom is -0.431 e. The Balaban J connectivity index is 1.93. The highest BCUT2D eigenvalue weighted by molar-refractivity contribution is 7.91. The molecule has 1 aliphatic carbocycles. The topological polar surface area (TPSA) is 144 Å². The number of carbonyl (C=O) groups excluding carboxylic acids is 1. The van der Waals surface area contributed by atoms with Crippen molar-refractivity contribution in [2.24, 2.45) is 5.92 Å². The molecule has 1 aliphatic rings. The van der Waals surface area contributed by atoms with Crippen LogP contribution in [0.4, 0.5) is 35.1 Å². The number of nitrogens with one attached hydrogen (secondary N) is 1. The summed E-state index contributed by atoms with van der Waals surface area (Å²) in [5.41, 5.74) is -3.19. The van der Waals surface area contributed by atoms with Crippen molar-refractivity contribution in [3.8, 4) is 11.6 Å². The predicted octanol–water partition coefficient (Wildman–Crippen LogP) is 3.79. The number of alkyl halides is 8. The molecule has 0 aromatic carbocycles. The first-order chi connectivity index (χ1) is 20.1. The molecule has 0 radical (unpaired) electrons. The van der Waals surface area contributed by atoms with Gasteiger partial charge in [0.15, 0.2) is 23.2 Å². The molecule has 0 aliphatic heterocycles. The summed E-state index contributed by atoms with van der Waals surface area (Å²) in [6, 6.07) is 0.512. The smallest absolute Gasteiger partial charge is 0.400 e. The Kier molecular flexibility index (Phi) is 10.5. The highest BCUT2D eigenvalue weighted by atomic mass is 35.5. The molecule has 2 aromatic heterocycles. The van der Waals surface area contributed by atoms with E-state index < -0.39 is 98.5 Å².